The van der Waals surface area contributed by atoms with E-state index in [4.69, 9.17) is 14.6 Å². The summed E-state index contributed by atoms with van der Waals surface area (Å²) in [5, 5.41) is 30.9. The minimum absolute atomic E-state index is 0.00134. The first-order chi connectivity index (χ1) is 16.8. The molecule has 0 saturated carbocycles. The van der Waals surface area contributed by atoms with Crippen molar-refractivity contribution in [2.45, 2.75) is 51.1 Å². The van der Waals surface area contributed by atoms with E-state index in [1.807, 2.05) is 24.3 Å². The van der Waals surface area contributed by atoms with Crippen LogP contribution in [0.5, 0.6) is 0 Å². The molecule has 0 amide bonds. The lowest BCUT2D eigenvalue weighted by Crippen LogP contribution is -2.43. The van der Waals surface area contributed by atoms with Crippen LogP contribution in [0.25, 0.3) is 5.57 Å². The quantitative estimate of drug-likeness (QED) is 0.233. The smallest absolute Gasteiger partial charge is 0.333 e. The van der Waals surface area contributed by atoms with Gasteiger partial charge in [0.05, 0.1) is 19.3 Å². The molecular weight excluding hydrogens is 448 g/mol. The van der Waals surface area contributed by atoms with Gasteiger partial charge >= 0.3 is 5.97 Å². The number of ether oxygens (including phenoxy) is 2. The number of likely N-dealkylation sites (tertiary alicyclic amines) is 1. The maximum absolute atomic E-state index is 10.7. The molecule has 3 rings (SSSR count). The predicted molar refractivity (Wildman–Crippen MR) is 135 cm³/mol. The zero-order valence-corrected chi connectivity index (χ0v) is 20.9. The Bertz CT molecular complexity index is 888. The van der Waals surface area contributed by atoms with Crippen LogP contribution in [0.15, 0.2) is 42.5 Å². The summed E-state index contributed by atoms with van der Waals surface area (Å²) in [7, 11) is 0. The zero-order valence-electron chi connectivity index (χ0n) is 20.9. The van der Waals surface area contributed by atoms with E-state index in [1.165, 1.54) is 11.1 Å². The number of carboxylic acid groups (broad SMARTS) is 1. The van der Waals surface area contributed by atoms with Gasteiger partial charge in [-0.2, -0.15) is 0 Å². The Hall–Kier alpha value is -2.07. The van der Waals surface area contributed by atoms with Gasteiger partial charge in [-0.15, -0.1) is 0 Å². The zero-order chi connectivity index (χ0) is 25.3. The Morgan fingerprint density at radius 3 is 2.69 bits per heavy atom. The van der Waals surface area contributed by atoms with E-state index in [2.05, 4.69) is 42.3 Å². The van der Waals surface area contributed by atoms with Crippen LogP contribution in [0, 0.1) is 12.8 Å². The lowest BCUT2D eigenvalue weighted by molar-refractivity contribution is -0.223. The molecule has 0 aromatic heterocycles. The fourth-order valence-electron chi connectivity index (χ4n) is 4.69. The summed E-state index contributed by atoms with van der Waals surface area (Å²) >= 11 is 0. The first kappa shape index (κ1) is 27.5. The second-order valence-electron chi connectivity index (χ2n) is 9.44. The van der Waals surface area contributed by atoms with Gasteiger partial charge in [0, 0.05) is 32.1 Å². The third-order valence-corrected chi connectivity index (χ3v) is 6.77. The van der Waals surface area contributed by atoms with Crippen LogP contribution in [0.1, 0.15) is 37.3 Å². The fourth-order valence-corrected chi connectivity index (χ4v) is 4.69. The fraction of sp³-hybridized carbons (Fsp3) is 0.593. The number of aryl methyl sites for hydroxylation is 1. The number of aliphatic hydroxyl groups is 2. The topological polar surface area (TPSA) is 111 Å². The molecule has 0 bridgehead atoms. The van der Waals surface area contributed by atoms with E-state index in [0.717, 1.165) is 38.0 Å². The van der Waals surface area contributed by atoms with E-state index in [1.54, 1.807) is 0 Å². The summed E-state index contributed by atoms with van der Waals surface area (Å²) in [6.07, 6.45) is 6.79. The molecule has 8 nitrogen and oxygen atoms in total. The van der Waals surface area contributed by atoms with Crippen LogP contribution in [-0.2, 0) is 14.3 Å². The SMILES string of the molecule is Cc1ccccc1C1=CC=CC(OCCCNCC(O)C(=O)O)(OCCCN2CC[C@@H](O)C2)C1C. The van der Waals surface area contributed by atoms with Crippen molar-refractivity contribution in [3.63, 3.8) is 0 Å². The third-order valence-electron chi connectivity index (χ3n) is 6.77. The summed E-state index contributed by atoms with van der Waals surface area (Å²) in [5.41, 5.74) is 3.54. The summed E-state index contributed by atoms with van der Waals surface area (Å²) in [4.78, 5) is 13.0. The van der Waals surface area contributed by atoms with Gasteiger partial charge in [0.15, 0.2) is 11.9 Å². The average Bonchev–Trinajstić information content (AvgIpc) is 3.26. The second kappa shape index (κ2) is 13.3. The molecule has 4 atom stereocenters. The summed E-state index contributed by atoms with van der Waals surface area (Å²) in [6.45, 7) is 8.23. The minimum Gasteiger partial charge on any atom is -0.479 e. The normalized spacial score (nSPS) is 25.5. The number of carbonyl (C=O) groups is 1. The molecule has 1 aliphatic carbocycles. The van der Waals surface area contributed by atoms with Gasteiger partial charge < -0.3 is 35.0 Å². The summed E-state index contributed by atoms with van der Waals surface area (Å²) in [6, 6.07) is 8.30. The molecule has 1 fully saturated rings. The molecule has 3 unspecified atom stereocenters. The molecule has 35 heavy (non-hydrogen) atoms. The summed E-state index contributed by atoms with van der Waals surface area (Å²) < 4.78 is 12.9. The van der Waals surface area contributed by atoms with Crippen molar-refractivity contribution in [2.24, 2.45) is 5.92 Å². The van der Waals surface area contributed by atoms with Gasteiger partial charge in [0.2, 0.25) is 0 Å². The van der Waals surface area contributed by atoms with Gasteiger partial charge in [-0.05, 0) is 55.5 Å². The standard InChI is InChI=1S/C27H40N2O6/c1-20-8-3-4-9-23(20)24-10-5-12-27(21(24)2,34-16-6-13-28-18-25(31)26(32)33)35-17-7-14-29-15-11-22(30)19-29/h3-5,8-10,12,21-22,25,28,30-31H,6-7,11,13-19H2,1-2H3,(H,32,33)/t21?,22-,25?,27?/m1/s1. The summed E-state index contributed by atoms with van der Waals surface area (Å²) in [5.74, 6) is -2.18. The van der Waals surface area contributed by atoms with Crippen LogP contribution >= 0.6 is 0 Å². The van der Waals surface area contributed by atoms with Crippen LogP contribution in [-0.4, -0.2) is 90.1 Å². The Morgan fingerprint density at radius 1 is 1.26 bits per heavy atom. The van der Waals surface area contributed by atoms with Crippen molar-refractivity contribution >= 4 is 11.5 Å². The Balaban J connectivity index is 1.60. The molecule has 1 aromatic rings. The lowest BCUT2D eigenvalue weighted by atomic mass is 9.82. The second-order valence-corrected chi connectivity index (χ2v) is 9.44. The molecule has 1 heterocycles. The molecule has 1 saturated heterocycles. The van der Waals surface area contributed by atoms with Crippen molar-refractivity contribution < 1.29 is 29.6 Å². The number of nitrogens with one attached hydrogen (secondary N) is 1. The lowest BCUT2D eigenvalue weighted by Gasteiger charge is -2.40. The molecule has 4 N–H and O–H groups in total. The Labute approximate surface area is 208 Å². The molecule has 0 radical (unpaired) electrons. The highest BCUT2D eigenvalue weighted by Crippen LogP contribution is 2.40. The highest BCUT2D eigenvalue weighted by Gasteiger charge is 2.40. The van der Waals surface area contributed by atoms with Crippen LogP contribution in [0.2, 0.25) is 0 Å². The highest BCUT2D eigenvalue weighted by atomic mass is 16.7. The third kappa shape index (κ3) is 7.70. The maximum Gasteiger partial charge on any atom is 0.333 e. The Morgan fingerprint density at radius 2 is 2.00 bits per heavy atom. The minimum atomic E-state index is -1.41. The highest BCUT2D eigenvalue weighted by molar-refractivity contribution is 5.73. The van der Waals surface area contributed by atoms with Crippen LogP contribution in [0.4, 0.5) is 0 Å². The van der Waals surface area contributed by atoms with E-state index >= 15 is 0 Å². The predicted octanol–water partition coefficient (Wildman–Crippen LogP) is 2.20. The number of rotatable bonds is 14. The largest absolute Gasteiger partial charge is 0.479 e. The van der Waals surface area contributed by atoms with E-state index < -0.39 is 17.9 Å². The van der Waals surface area contributed by atoms with Gasteiger partial charge in [-0.1, -0.05) is 43.3 Å². The molecule has 2 aliphatic rings. The average molecular weight is 489 g/mol. The van der Waals surface area contributed by atoms with Crippen molar-refractivity contribution in [2.75, 3.05) is 45.9 Å². The number of aliphatic carboxylic acids is 1. The number of β-amino-alcohol motifs (C(OH)–C–C–N with tert-alkyl or cyclic N) is 1. The van der Waals surface area contributed by atoms with E-state index in [9.17, 15) is 15.0 Å². The van der Waals surface area contributed by atoms with Gasteiger partial charge in [0.1, 0.15) is 0 Å². The molecule has 0 spiro atoms. The monoisotopic (exact) mass is 488 g/mol. The molecule has 1 aromatic carbocycles. The number of hydrogen-bond acceptors (Lipinski definition) is 7. The van der Waals surface area contributed by atoms with Crippen molar-refractivity contribution in [1.82, 2.24) is 10.2 Å². The first-order valence-corrected chi connectivity index (χ1v) is 12.6. The van der Waals surface area contributed by atoms with Gasteiger partial charge in [-0.25, -0.2) is 4.79 Å². The van der Waals surface area contributed by atoms with Crippen LogP contribution < -0.4 is 5.32 Å². The Kier molecular flexibility index (Phi) is 10.5. The number of hydrogen-bond donors (Lipinski definition) is 4. The number of nitrogens with zero attached hydrogens (tertiary/aromatic N) is 1. The first-order valence-electron chi connectivity index (χ1n) is 12.6. The number of carboxylic acids is 1. The van der Waals surface area contributed by atoms with Crippen molar-refractivity contribution in [3.8, 4) is 0 Å². The van der Waals surface area contributed by atoms with Gasteiger partial charge in [0.25, 0.3) is 0 Å². The number of benzene rings is 1. The number of aliphatic hydroxyl groups excluding tert-OH is 2. The maximum atomic E-state index is 10.7. The molecular formula is C27H40N2O6. The van der Waals surface area contributed by atoms with E-state index in [-0.39, 0.29) is 18.6 Å². The molecule has 194 valence electrons. The number of allylic oxidation sites excluding steroid dienone is 2. The van der Waals surface area contributed by atoms with Crippen molar-refractivity contribution in [3.05, 3.63) is 53.6 Å². The molecule has 1 aliphatic heterocycles. The van der Waals surface area contributed by atoms with Crippen LogP contribution in [0.3, 0.4) is 0 Å². The molecule has 8 heteroatoms. The van der Waals surface area contributed by atoms with Gasteiger partial charge in [-0.3, -0.25) is 0 Å². The van der Waals surface area contributed by atoms with Crippen molar-refractivity contribution in [1.29, 1.82) is 0 Å². The van der Waals surface area contributed by atoms with E-state index in [0.29, 0.717) is 26.2 Å².